The zero-order valence-corrected chi connectivity index (χ0v) is 33.5. The average molecular weight is 812 g/mol. The molecule has 0 N–H and O–H groups in total. The van der Waals surface area contributed by atoms with Crippen LogP contribution in [-0.4, -0.2) is 29.0 Å². The van der Waals surface area contributed by atoms with Crippen molar-refractivity contribution in [3.05, 3.63) is 223 Å². The van der Waals surface area contributed by atoms with Gasteiger partial charge in [-0.3, -0.25) is 0 Å². The number of anilines is 2. The van der Waals surface area contributed by atoms with Gasteiger partial charge in [-0.1, -0.05) is 140 Å². The van der Waals surface area contributed by atoms with Crippen molar-refractivity contribution in [2.45, 2.75) is 49.6 Å². The molecule has 0 amide bonds. The molecule has 0 saturated heterocycles. The molecule has 7 heteroatoms. The molecule has 0 bridgehead atoms. The Balaban J connectivity index is 1.09. The summed E-state index contributed by atoms with van der Waals surface area (Å²) in [6.45, 7) is 0. The fourth-order valence-corrected chi connectivity index (χ4v) is 9.90. The largest absolute Gasteiger partial charge is 0.338 e. The highest BCUT2D eigenvalue weighted by Crippen LogP contribution is 2.51. The molecule has 1 heterocycles. The number of hydrogen-bond acceptors (Lipinski definition) is 2. The summed E-state index contributed by atoms with van der Waals surface area (Å²) in [4.78, 5) is 4.39. The van der Waals surface area contributed by atoms with Gasteiger partial charge in [-0.2, -0.15) is 0 Å². The van der Waals surface area contributed by atoms with Crippen LogP contribution in [-0.2, 0) is 0 Å². The molecule has 5 aromatic carbocycles. The fraction of sp³-hybridized carbons (Fsp3) is 0.185. The van der Waals surface area contributed by atoms with Crippen molar-refractivity contribution in [3.63, 3.8) is 0 Å². The fourth-order valence-electron chi connectivity index (χ4n) is 9.90. The maximum atomic E-state index is 17.3. The van der Waals surface area contributed by atoms with E-state index in [2.05, 4.69) is 40.2 Å². The minimum atomic E-state index is -2.34. The molecule has 6 aromatic rings. The third-order valence-corrected chi connectivity index (χ3v) is 12.7. The van der Waals surface area contributed by atoms with Crippen LogP contribution in [0.2, 0.25) is 0 Å². The molecule has 0 radical (unpaired) electrons. The number of rotatable bonds is 9. The van der Waals surface area contributed by atoms with E-state index in [-0.39, 0.29) is 24.1 Å². The van der Waals surface area contributed by atoms with Crippen LogP contribution in [0.15, 0.2) is 217 Å². The summed E-state index contributed by atoms with van der Waals surface area (Å²) in [6, 6.07) is 42.4. The summed E-state index contributed by atoms with van der Waals surface area (Å²) in [7, 11) is 0. The van der Waals surface area contributed by atoms with E-state index in [9.17, 15) is 0 Å². The van der Waals surface area contributed by atoms with Gasteiger partial charge in [-0.05, 0) is 85.4 Å². The van der Waals surface area contributed by atoms with Crippen molar-refractivity contribution in [1.29, 1.82) is 0 Å². The number of benzene rings is 5. The van der Waals surface area contributed by atoms with Gasteiger partial charge in [-0.25, -0.2) is 17.6 Å². The molecule has 7 unspecified atom stereocenters. The summed E-state index contributed by atoms with van der Waals surface area (Å²) in [5.41, 5.74) is 6.03. The highest BCUT2D eigenvalue weighted by atomic mass is 19.2. The van der Waals surface area contributed by atoms with E-state index in [4.69, 9.17) is 0 Å². The Hall–Kier alpha value is -6.60. The molecule has 0 saturated carbocycles. The first-order chi connectivity index (χ1) is 30.0. The summed E-state index contributed by atoms with van der Waals surface area (Å²) in [5.74, 6) is -6.83. The molecular formula is C54H45F4N3. The first-order valence-electron chi connectivity index (χ1n) is 21.2. The Morgan fingerprint density at radius 3 is 1.80 bits per heavy atom. The quantitative estimate of drug-likeness (QED) is 0.135. The van der Waals surface area contributed by atoms with Crippen molar-refractivity contribution >= 4 is 33.2 Å². The highest BCUT2D eigenvalue weighted by Gasteiger charge is 2.51. The van der Waals surface area contributed by atoms with Crippen molar-refractivity contribution in [2.24, 2.45) is 11.8 Å². The van der Waals surface area contributed by atoms with Gasteiger partial charge in [-0.15, -0.1) is 0 Å². The Morgan fingerprint density at radius 2 is 1.15 bits per heavy atom. The lowest BCUT2D eigenvalue weighted by Gasteiger charge is -2.43. The predicted octanol–water partition coefficient (Wildman–Crippen LogP) is 13.9. The maximum absolute atomic E-state index is 17.3. The zero-order valence-electron chi connectivity index (χ0n) is 33.5. The van der Waals surface area contributed by atoms with E-state index in [1.807, 2.05) is 156 Å². The first-order valence-corrected chi connectivity index (χ1v) is 21.2. The second-order valence-electron chi connectivity index (χ2n) is 16.3. The molecule has 304 valence electrons. The number of fused-ring (bicyclic) bond motifs is 3. The van der Waals surface area contributed by atoms with Crippen molar-refractivity contribution in [1.82, 2.24) is 4.57 Å². The van der Waals surface area contributed by atoms with Crippen LogP contribution < -0.4 is 9.80 Å². The second-order valence-corrected chi connectivity index (χ2v) is 16.3. The standard InChI is InChI=1S/C54H45F4N3/c55-51-49(36-30-31-46-45-28-16-17-29-47(45)61(48(46)34-36)42-26-14-5-15-27-42)52(56)54(58)50(53(51)57)37-32-43(59(38-18-6-1-7-19-38)39-20-8-2-9-21-39)35-44(33-37)60(40-22-10-3-11-23-40)41-24-12-4-13-25-41/h1-20,22-24,26-32,34-35,37,39,41,49-51,53H,21,25,33H2. The number of halogens is 4. The highest BCUT2D eigenvalue weighted by molar-refractivity contribution is 6.09. The van der Waals surface area contributed by atoms with Gasteiger partial charge in [0.05, 0.1) is 35.0 Å². The van der Waals surface area contributed by atoms with Crippen LogP contribution in [0.5, 0.6) is 0 Å². The van der Waals surface area contributed by atoms with Crippen molar-refractivity contribution in [2.75, 3.05) is 9.80 Å². The minimum absolute atomic E-state index is 0.0920. The molecule has 0 aliphatic heterocycles. The zero-order chi connectivity index (χ0) is 41.5. The average Bonchev–Trinajstić information content (AvgIpc) is 3.64. The van der Waals surface area contributed by atoms with E-state index in [1.165, 1.54) is 0 Å². The maximum Gasteiger partial charge on any atom is 0.145 e. The summed E-state index contributed by atoms with van der Waals surface area (Å²) in [6.07, 6.45) is 17.4. The molecule has 0 fully saturated rings. The van der Waals surface area contributed by atoms with E-state index in [1.54, 1.807) is 12.1 Å². The minimum Gasteiger partial charge on any atom is -0.338 e. The number of para-hydroxylation sites is 4. The number of allylic oxidation sites excluding steroid dienone is 9. The molecule has 61 heavy (non-hydrogen) atoms. The lowest BCUT2D eigenvalue weighted by atomic mass is 9.72. The first kappa shape index (κ1) is 38.6. The molecule has 3 nitrogen and oxygen atoms in total. The summed E-state index contributed by atoms with van der Waals surface area (Å²) < 4.78 is 70.6. The van der Waals surface area contributed by atoms with Crippen LogP contribution in [0.4, 0.5) is 28.9 Å². The van der Waals surface area contributed by atoms with E-state index < -0.39 is 41.8 Å². The topological polar surface area (TPSA) is 11.4 Å². The van der Waals surface area contributed by atoms with Crippen molar-refractivity contribution in [3.8, 4) is 5.69 Å². The number of aromatic nitrogens is 1. The normalized spacial score (nSPS) is 24.9. The van der Waals surface area contributed by atoms with Gasteiger partial charge in [0, 0.05) is 39.2 Å². The number of hydrogen-bond donors (Lipinski definition) is 0. The SMILES string of the molecule is FC1=C(F)C(C2C=C(N(c3ccccc3)C3C=CC=CC3)C=C(N(c3ccccc3)C3C=CC=CC3)C2)C(F)C(F)C1c1ccc2c3ccccc3n(-c3ccccc3)c2c1. The van der Waals surface area contributed by atoms with Gasteiger partial charge < -0.3 is 14.4 Å². The Kier molecular flexibility index (Phi) is 10.4. The molecule has 7 atom stereocenters. The lowest BCUT2D eigenvalue weighted by molar-refractivity contribution is 0.0564. The van der Waals surface area contributed by atoms with Gasteiger partial charge in [0.25, 0.3) is 0 Å². The molecule has 10 rings (SSSR count). The monoisotopic (exact) mass is 811 g/mol. The van der Waals surface area contributed by atoms with Gasteiger partial charge in [0.15, 0.2) is 0 Å². The number of nitrogens with zero attached hydrogens (tertiary/aromatic N) is 3. The van der Waals surface area contributed by atoms with Gasteiger partial charge in [0.1, 0.15) is 24.0 Å². The molecule has 1 aromatic heterocycles. The van der Waals surface area contributed by atoms with Crippen molar-refractivity contribution < 1.29 is 17.6 Å². The Labute approximate surface area is 353 Å². The lowest BCUT2D eigenvalue weighted by Crippen LogP contribution is -2.43. The Bertz CT molecular complexity index is 2780. The van der Waals surface area contributed by atoms with Crippen LogP contribution in [0.3, 0.4) is 0 Å². The molecular weight excluding hydrogens is 767 g/mol. The smallest absolute Gasteiger partial charge is 0.145 e. The Morgan fingerprint density at radius 1 is 0.557 bits per heavy atom. The molecule has 0 spiro atoms. The van der Waals surface area contributed by atoms with Gasteiger partial charge >= 0.3 is 0 Å². The van der Waals surface area contributed by atoms with E-state index in [0.717, 1.165) is 44.7 Å². The summed E-state index contributed by atoms with van der Waals surface area (Å²) in [5, 5.41) is 1.85. The van der Waals surface area contributed by atoms with Crippen LogP contribution in [0.25, 0.3) is 27.5 Å². The van der Waals surface area contributed by atoms with Gasteiger partial charge in [0.2, 0.25) is 0 Å². The molecule has 4 aliphatic rings. The number of alkyl halides is 2. The second kappa shape index (κ2) is 16.5. The van der Waals surface area contributed by atoms with Crippen LogP contribution in [0, 0.1) is 11.8 Å². The predicted molar refractivity (Wildman–Crippen MR) is 242 cm³/mol. The third kappa shape index (κ3) is 7.06. The van der Waals surface area contributed by atoms with Crippen LogP contribution >= 0.6 is 0 Å². The van der Waals surface area contributed by atoms with E-state index >= 15 is 17.6 Å². The summed E-state index contributed by atoms with van der Waals surface area (Å²) >= 11 is 0. The third-order valence-electron chi connectivity index (χ3n) is 12.7. The van der Waals surface area contributed by atoms with E-state index in [0.29, 0.717) is 18.4 Å². The molecule has 4 aliphatic carbocycles. The van der Waals surface area contributed by atoms with Crippen LogP contribution in [0.1, 0.15) is 30.7 Å².